The number of ether oxygens (including phenoxy) is 2. The lowest BCUT2D eigenvalue weighted by atomic mass is 10.0. The van der Waals surface area contributed by atoms with Gasteiger partial charge in [-0.15, -0.1) is 11.3 Å². The molecular weight excluding hydrogens is 398 g/mol. The van der Waals surface area contributed by atoms with E-state index in [1.807, 2.05) is 25.4 Å². The molecule has 1 aromatic heterocycles. The largest absolute Gasteiger partial charge is 0.497 e. The monoisotopic (exact) mass is 431 g/mol. The van der Waals surface area contributed by atoms with Crippen LogP contribution < -0.4 is 15.4 Å². The smallest absolute Gasteiger partial charge is 0.191 e. The van der Waals surface area contributed by atoms with Crippen molar-refractivity contribution in [2.24, 2.45) is 4.99 Å². The van der Waals surface area contributed by atoms with E-state index in [9.17, 15) is 0 Å². The first-order chi connectivity index (χ1) is 14.7. The van der Waals surface area contributed by atoms with E-state index in [1.165, 1.54) is 15.4 Å². The Morgan fingerprint density at radius 3 is 2.67 bits per heavy atom. The summed E-state index contributed by atoms with van der Waals surface area (Å²) >= 11 is 1.79. The highest BCUT2D eigenvalue weighted by Gasteiger charge is 2.23. The number of hydrogen-bond donors (Lipinski definition) is 2. The number of morpholine rings is 1. The van der Waals surface area contributed by atoms with Gasteiger partial charge in [-0.1, -0.05) is 19.1 Å². The third kappa shape index (κ3) is 6.42. The molecule has 0 amide bonds. The molecule has 1 aliphatic rings. The maximum Gasteiger partial charge on any atom is 0.191 e. The number of aryl methyl sites for hydroxylation is 1. The Kier molecular flexibility index (Phi) is 8.92. The second kappa shape index (κ2) is 11.9. The standard InChI is InChI=1S/C22H33N5O2S/c1-4-19-15-25-21(30-19)9-10-24-22(23-2)26-16-20(27-11-13-29-14-12-27)17-5-7-18(28-3)8-6-17/h5-8,15,20H,4,9-14,16H2,1-3H3,(H2,23,24,26). The van der Waals surface area contributed by atoms with Gasteiger partial charge in [-0.3, -0.25) is 9.89 Å². The van der Waals surface area contributed by atoms with Crippen LogP contribution >= 0.6 is 11.3 Å². The predicted molar refractivity (Wildman–Crippen MR) is 123 cm³/mol. The first-order valence-corrected chi connectivity index (χ1v) is 11.4. The van der Waals surface area contributed by atoms with Gasteiger partial charge in [0.25, 0.3) is 0 Å². The summed E-state index contributed by atoms with van der Waals surface area (Å²) in [5.41, 5.74) is 1.26. The average molecular weight is 432 g/mol. The number of hydrogen-bond acceptors (Lipinski definition) is 6. The van der Waals surface area contributed by atoms with Crippen molar-refractivity contribution in [3.05, 3.63) is 45.9 Å². The van der Waals surface area contributed by atoms with Crippen LogP contribution in [0.25, 0.3) is 0 Å². The topological polar surface area (TPSA) is 71.0 Å². The molecule has 0 spiro atoms. The number of aliphatic imine (C=N–C) groups is 1. The Labute approximate surface area is 183 Å². The van der Waals surface area contributed by atoms with Crippen molar-refractivity contribution in [1.82, 2.24) is 20.5 Å². The number of rotatable bonds is 9. The summed E-state index contributed by atoms with van der Waals surface area (Å²) in [5, 5.41) is 8.09. The van der Waals surface area contributed by atoms with Gasteiger partial charge in [0, 0.05) is 50.7 Å². The van der Waals surface area contributed by atoms with E-state index >= 15 is 0 Å². The van der Waals surface area contributed by atoms with Crippen molar-refractivity contribution in [2.45, 2.75) is 25.8 Å². The van der Waals surface area contributed by atoms with Crippen LogP contribution in [0.15, 0.2) is 35.5 Å². The summed E-state index contributed by atoms with van der Waals surface area (Å²) in [7, 11) is 3.51. The average Bonchev–Trinajstić information content (AvgIpc) is 3.27. The summed E-state index contributed by atoms with van der Waals surface area (Å²) in [6.45, 7) is 7.13. The quantitative estimate of drug-likeness (QED) is 0.470. The van der Waals surface area contributed by atoms with Gasteiger partial charge in [-0.2, -0.15) is 0 Å². The highest BCUT2D eigenvalue weighted by molar-refractivity contribution is 7.11. The minimum absolute atomic E-state index is 0.240. The fourth-order valence-electron chi connectivity index (χ4n) is 3.50. The first-order valence-electron chi connectivity index (χ1n) is 10.6. The van der Waals surface area contributed by atoms with Crippen molar-refractivity contribution < 1.29 is 9.47 Å². The molecule has 8 heteroatoms. The Balaban J connectivity index is 1.56. The zero-order valence-corrected chi connectivity index (χ0v) is 19.0. The van der Waals surface area contributed by atoms with Crippen LogP contribution in [0.3, 0.4) is 0 Å². The molecule has 1 saturated heterocycles. The predicted octanol–water partition coefficient (Wildman–Crippen LogP) is 2.50. The van der Waals surface area contributed by atoms with Gasteiger partial charge in [0.15, 0.2) is 5.96 Å². The Morgan fingerprint density at radius 2 is 2.03 bits per heavy atom. The lowest BCUT2D eigenvalue weighted by Gasteiger charge is -2.35. The zero-order chi connectivity index (χ0) is 21.2. The maximum absolute atomic E-state index is 5.55. The molecule has 2 heterocycles. The van der Waals surface area contributed by atoms with Crippen molar-refractivity contribution in [3.63, 3.8) is 0 Å². The molecule has 2 N–H and O–H groups in total. The number of benzene rings is 1. The van der Waals surface area contributed by atoms with E-state index in [1.54, 1.807) is 18.4 Å². The number of guanidine groups is 1. The van der Waals surface area contributed by atoms with E-state index in [-0.39, 0.29) is 6.04 Å². The van der Waals surface area contributed by atoms with Gasteiger partial charge in [0.2, 0.25) is 0 Å². The highest BCUT2D eigenvalue weighted by Crippen LogP contribution is 2.23. The maximum atomic E-state index is 5.55. The fraction of sp³-hybridized carbons (Fsp3) is 0.545. The zero-order valence-electron chi connectivity index (χ0n) is 18.2. The van der Waals surface area contributed by atoms with Crippen LogP contribution in [-0.2, 0) is 17.6 Å². The molecule has 0 saturated carbocycles. The van der Waals surface area contributed by atoms with E-state index in [2.05, 4.69) is 44.6 Å². The van der Waals surface area contributed by atoms with Crippen LogP contribution in [-0.4, -0.2) is 69.4 Å². The molecule has 0 bridgehead atoms. The molecular formula is C22H33N5O2S. The number of thiazole rings is 1. The Bertz CT molecular complexity index is 787. The molecule has 1 fully saturated rings. The molecule has 0 radical (unpaired) electrons. The summed E-state index contributed by atoms with van der Waals surface area (Å²) in [4.78, 5) is 12.7. The summed E-state index contributed by atoms with van der Waals surface area (Å²) < 4.78 is 10.9. The molecule has 1 aliphatic heterocycles. The molecule has 2 aromatic rings. The molecule has 30 heavy (non-hydrogen) atoms. The molecule has 7 nitrogen and oxygen atoms in total. The molecule has 1 unspecified atom stereocenters. The number of methoxy groups -OCH3 is 1. The number of aromatic nitrogens is 1. The van der Waals surface area contributed by atoms with E-state index in [0.29, 0.717) is 0 Å². The minimum Gasteiger partial charge on any atom is -0.497 e. The van der Waals surface area contributed by atoms with Gasteiger partial charge < -0.3 is 20.1 Å². The first kappa shape index (κ1) is 22.5. The van der Waals surface area contributed by atoms with Crippen LogP contribution in [0.1, 0.15) is 28.4 Å². The Morgan fingerprint density at radius 1 is 1.27 bits per heavy atom. The van der Waals surface area contributed by atoms with Gasteiger partial charge >= 0.3 is 0 Å². The van der Waals surface area contributed by atoms with Gasteiger partial charge in [-0.25, -0.2) is 4.98 Å². The minimum atomic E-state index is 0.240. The van der Waals surface area contributed by atoms with E-state index < -0.39 is 0 Å². The van der Waals surface area contributed by atoms with Crippen LogP contribution in [0.4, 0.5) is 0 Å². The summed E-state index contributed by atoms with van der Waals surface area (Å²) in [6, 6.07) is 8.57. The lowest BCUT2D eigenvalue weighted by Crippen LogP contribution is -2.46. The van der Waals surface area contributed by atoms with Crippen LogP contribution in [0, 0.1) is 0 Å². The van der Waals surface area contributed by atoms with Gasteiger partial charge in [0.1, 0.15) is 5.75 Å². The van der Waals surface area contributed by atoms with E-state index in [0.717, 1.165) is 63.9 Å². The van der Waals surface area contributed by atoms with Crippen molar-refractivity contribution >= 4 is 17.3 Å². The molecule has 1 atom stereocenters. The second-order valence-corrected chi connectivity index (χ2v) is 8.34. The molecule has 3 rings (SSSR count). The highest BCUT2D eigenvalue weighted by atomic mass is 32.1. The van der Waals surface area contributed by atoms with Crippen LogP contribution in [0.5, 0.6) is 5.75 Å². The second-order valence-electron chi connectivity index (χ2n) is 7.14. The molecule has 1 aromatic carbocycles. The summed E-state index contributed by atoms with van der Waals surface area (Å²) in [6.07, 6.45) is 3.92. The number of nitrogens with zero attached hydrogens (tertiary/aromatic N) is 3. The van der Waals surface area contributed by atoms with Crippen molar-refractivity contribution in [1.29, 1.82) is 0 Å². The SMILES string of the molecule is CCc1cnc(CCNC(=NC)NCC(c2ccc(OC)cc2)N2CCOCC2)s1. The third-order valence-corrected chi connectivity index (χ3v) is 6.46. The van der Waals surface area contributed by atoms with Crippen molar-refractivity contribution in [2.75, 3.05) is 53.6 Å². The molecule has 0 aliphatic carbocycles. The normalized spacial score (nSPS) is 16.3. The summed E-state index contributed by atoms with van der Waals surface area (Å²) in [5.74, 6) is 1.69. The Hall–Kier alpha value is -2.16. The van der Waals surface area contributed by atoms with Crippen LogP contribution in [0.2, 0.25) is 0 Å². The molecule has 164 valence electrons. The van der Waals surface area contributed by atoms with E-state index in [4.69, 9.17) is 9.47 Å². The van der Waals surface area contributed by atoms with Gasteiger partial charge in [0.05, 0.1) is 31.4 Å². The fourth-order valence-corrected chi connectivity index (χ4v) is 4.36. The lowest BCUT2D eigenvalue weighted by molar-refractivity contribution is 0.0170. The third-order valence-electron chi connectivity index (χ3n) is 5.25. The van der Waals surface area contributed by atoms with Crippen molar-refractivity contribution in [3.8, 4) is 5.75 Å². The number of nitrogens with one attached hydrogen (secondary N) is 2. The van der Waals surface area contributed by atoms with Gasteiger partial charge in [-0.05, 0) is 24.1 Å².